The van der Waals surface area contributed by atoms with E-state index in [2.05, 4.69) is 5.32 Å². The number of hydrogen-bond acceptors (Lipinski definition) is 2. The Bertz CT molecular complexity index is 786. The molecule has 132 valence electrons. The molecule has 0 spiro atoms. The number of aryl methyl sites for hydroxylation is 1. The van der Waals surface area contributed by atoms with Gasteiger partial charge in [0.05, 0.1) is 5.41 Å². The van der Waals surface area contributed by atoms with Gasteiger partial charge in [-0.3, -0.25) is 9.59 Å². The zero-order chi connectivity index (χ0) is 18.6. The first kappa shape index (κ1) is 18.6. The smallest absolute Gasteiger partial charge is 0.313 e. The van der Waals surface area contributed by atoms with Crippen LogP contribution >= 0.6 is 0 Å². The van der Waals surface area contributed by atoms with Crippen LogP contribution in [0.25, 0.3) is 0 Å². The lowest BCUT2D eigenvalue weighted by Gasteiger charge is -2.19. The van der Waals surface area contributed by atoms with E-state index in [0.29, 0.717) is 11.3 Å². The van der Waals surface area contributed by atoms with Gasteiger partial charge in [0, 0.05) is 12.1 Å². The Morgan fingerprint density at radius 3 is 2.32 bits per heavy atom. The third-order valence-corrected chi connectivity index (χ3v) is 4.08. The van der Waals surface area contributed by atoms with E-state index in [1.165, 1.54) is 12.1 Å². The Labute approximate surface area is 144 Å². The Morgan fingerprint density at radius 1 is 1.08 bits per heavy atom. The molecule has 2 rings (SSSR count). The molecule has 0 saturated carbocycles. The molecular formula is C19H19F2NO3. The van der Waals surface area contributed by atoms with Crippen molar-refractivity contribution in [1.82, 2.24) is 0 Å². The topological polar surface area (TPSA) is 66.4 Å². The lowest BCUT2D eigenvalue weighted by atomic mass is 9.85. The largest absolute Gasteiger partial charge is 0.481 e. The fourth-order valence-electron chi connectivity index (χ4n) is 2.31. The van der Waals surface area contributed by atoms with Gasteiger partial charge in [-0.15, -0.1) is 0 Å². The second-order valence-electron chi connectivity index (χ2n) is 6.27. The second-order valence-corrected chi connectivity index (χ2v) is 6.27. The van der Waals surface area contributed by atoms with Gasteiger partial charge in [0.2, 0.25) is 5.91 Å². The summed E-state index contributed by atoms with van der Waals surface area (Å²) < 4.78 is 26.7. The minimum atomic E-state index is -1.03. The van der Waals surface area contributed by atoms with Gasteiger partial charge in [0.1, 0.15) is 0 Å². The third kappa shape index (κ3) is 4.41. The fourth-order valence-corrected chi connectivity index (χ4v) is 2.31. The van der Waals surface area contributed by atoms with E-state index in [9.17, 15) is 23.5 Å². The van der Waals surface area contributed by atoms with Gasteiger partial charge in [0.15, 0.2) is 11.6 Å². The lowest BCUT2D eigenvalue weighted by molar-refractivity contribution is -0.142. The summed E-state index contributed by atoms with van der Waals surface area (Å²) in [4.78, 5) is 23.2. The normalized spacial score (nSPS) is 11.2. The zero-order valence-corrected chi connectivity index (χ0v) is 14.0. The van der Waals surface area contributed by atoms with Crippen LogP contribution < -0.4 is 5.32 Å². The van der Waals surface area contributed by atoms with E-state index in [0.717, 1.165) is 6.07 Å². The molecule has 0 atom stereocenters. The van der Waals surface area contributed by atoms with Crippen molar-refractivity contribution < 1.29 is 23.5 Å². The fraction of sp³-hybridized carbons (Fsp3) is 0.263. The van der Waals surface area contributed by atoms with Crippen molar-refractivity contribution >= 4 is 17.6 Å². The van der Waals surface area contributed by atoms with Crippen LogP contribution in [-0.4, -0.2) is 17.0 Å². The first-order chi connectivity index (χ1) is 11.7. The van der Waals surface area contributed by atoms with E-state index >= 15 is 0 Å². The van der Waals surface area contributed by atoms with E-state index in [1.807, 2.05) is 0 Å². The molecule has 6 heteroatoms. The molecule has 2 N–H and O–H groups in total. The highest BCUT2D eigenvalue weighted by molar-refractivity contribution is 5.91. The summed E-state index contributed by atoms with van der Waals surface area (Å²) in [5.74, 6) is -3.15. The van der Waals surface area contributed by atoms with Crippen molar-refractivity contribution in [3.05, 3.63) is 65.2 Å². The van der Waals surface area contributed by atoms with Gasteiger partial charge in [-0.1, -0.05) is 24.3 Å². The number of amides is 1. The molecule has 0 radical (unpaired) electrons. The van der Waals surface area contributed by atoms with Crippen molar-refractivity contribution in [1.29, 1.82) is 0 Å². The number of carboxylic acids is 1. The number of halogens is 2. The van der Waals surface area contributed by atoms with Crippen LogP contribution in [0, 0.1) is 11.6 Å². The Balaban J connectivity index is 1.97. The molecule has 2 aromatic carbocycles. The molecule has 0 aliphatic rings. The van der Waals surface area contributed by atoms with Crippen LogP contribution in [0.1, 0.15) is 31.4 Å². The van der Waals surface area contributed by atoms with Gasteiger partial charge in [-0.05, 0) is 49.6 Å². The SMILES string of the molecule is CC(C)(C(=O)O)c1ccc(NC(=O)CCc2cccc(F)c2F)cc1. The maximum absolute atomic E-state index is 13.5. The summed E-state index contributed by atoms with van der Waals surface area (Å²) in [6.07, 6.45) is 0.0856. The van der Waals surface area contributed by atoms with Gasteiger partial charge in [-0.25, -0.2) is 8.78 Å². The van der Waals surface area contributed by atoms with Gasteiger partial charge >= 0.3 is 5.97 Å². The summed E-state index contributed by atoms with van der Waals surface area (Å²) in [6, 6.07) is 10.4. The van der Waals surface area contributed by atoms with E-state index in [1.54, 1.807) is 38.1 Å². The van der Waals surface area contributed by atoms with Crippen molar-refractivity contribution in [3.63, 3.8) is 0 Å². The number of carbonyl (C=O) groups excluding carboxylic acids is 1. The monoisotopic (exact) mass is 347 g/mol. The van der Waals surface area contributed by atoms with Crippen molar-refractivity contribution in [2.45, 2.75) is 32.1 Å². The van der Waals surface area contributed by atoms with Gasteiger partial charge < -0.3 is 10.4 Å². The quantitative estimate of drug-likeness (QED) is 0.833. The number of anilines is 1. The van der Waals surface area contributed by atoms with Crippen LogP contribution in [0.3, 0.4) is 0 Å². The van der Waals surface area contributed by atoms with Crippen LogP contribution in [0.5, 0.6) is 0 Å². The minimum absolute atomic E-state index is 0.00272. The number of carbonyl (C=O) groups is 2. The average molecular weight is 347 g/mol. The van der Waals surface area contributed by atoms with Crippen LogP contribution in [0.4, 0.5) is 14.5 Å². The van der Waals surface area contributed by atoms with E-state index < -0.39 is 23.0 Å². The van der Waals surface area contributed by atoms with Crippen molar-refractivity contribution in [2.24, 2.45) is 0 Å². The third-order valence-electron chi connectivity index (χ3n) is 4.08. The number of carboxylic acid groups (broad SMARTS) is 1. The molecule has 0 fully saturated rings. The predicted octanol–water partition coefficient (Wildman–Crippen LogP) is 3.90. The number of hydrogen-bond donors (Lipinski definition) is 2. The predicted molar refractivity (Wildman–Crippen MR) is 90.4 cm³/mol. The van der Waals surface area contributed by atoms with Crippen molar-refractivity contribution in [3.8, 4) is 0 Å². The maximum atomic E-state index is 13.5. The summed E-state index contributed by atoms with van der Waals surface area (Å²) in [7, 11) is 0. The van der Waals surface area contributed by atoms with Gasteiger partial charge in [-0.2, -0.15) is 0 Å². The first-order valence-electron chi connectivity index (χ1n) is 7.78. The maximum Gasteiger partial charge on any atom is 0.313 e. The zero-order valence-electron chi connectivity index (χ0n) is 14.0. The molecule has 0 saturated heterocycles. The molecule has 0 aliphatic carbocycles. The number of rotatable bonds is 6. The van der Waals surface area contributed by atoms with Gasteiger partial charge in [0.25, 0.3) is 0 Å². The Kier molecular flexibility index (Phi) is 5.51. The van der Waals surface area contributed by atoms with Crippen LogP contribution in [0.2, 0.25) is 0 Å². The molecule has 1 amide bonds. The number of benzene rings is 2. The number of nitrogens with one attached hydrogen (secondary N) is 1. The van der Waals surface area contributed by atoms with E-state index in [4.69, 9.17) is 0 Å². The summed E-state index contributed by atoms with van der Waals surface area (Å²) in [5, 5.41) is 11.9. The summed E-state index contributed by atoms with van der Waals surface area (Å²) in [5.41, 5.74) is 0.237. The lowest BCUT2D eigenvalue weighted by Crippen LogP contribution is -2.28. The molecule has 0 bridgehead atoms. The number of aliphatic carboxylic acids is 1. The molecular weight excluding hydrogens is 328 g/mol. The molecule has 4 nitrogen and oxygen atoms in total. The highest BCUT2D eigenvalue weighted by atomic mass is 19.2. The average Bonchev–Trinajstić information content (AvgIpc) is 2.56. The first-order valence-corrected chi connectivity index (χ1v) is 7.78. The molecule has 25 heavy (non-hydrogen) atoms. The van der Waals surface area contributed by atoms with Crippen molar-refractivity contribution in [2.75, 3.05) is 5.32 Å². The molecule has 0 heterocycles. The summed E-state index contributed by atoms with van der Waals surface area (Å²) in [6.45, 7) is 3.19. The second kappa shape index (κ2) is 7.42. The van der Waals surface area contributed by atoms with Crippen LogP contribution in [-0.2, 0) is 21.4 Å². The minimum Gasteiger partial charge on any atom is -0.481 e. The highest BCUT2D eigenvalue weighted by Gasteiger charge is 2.29. The van der Waals surface area contributed by atoms with E-state index in [-0.39, 0.29) is 24.3 Å². The standard InChI is InChI=1S/C19H19F2NO3/c1-19(2,18(24)25)13-7-9-14(10-8-13)22-16(23)11-6-12-4-3-5-15(20)17(12)21/h3-5,7-10H,6,11H2,1-2H3,(H,22,23)(H,24,25). The molecule has 2 aromatic rings. The summed E-state index contributed by atoms with van der Waals surface area (Å²) >= 11 is 0. The Hall–Kier alpha value is -2.76. The van der Waals surface area contributed by atoms with Crippen LogP contribution in [0.15, 0.2) is 42.5 Å². The Morgan fingerprint density at radius 2 is 1.72 bits per heavy atom. The highest BCUT2D eigenvalue weighted by Crippen LogP contribution is 2.25. The molecule has 0 aliphatic heterocycles. The molecule has 0 unspecified atom stereocenters. The molecule has 0 aromatic heterocycles.